The van der Waals surface area contributed by atoms with Crippen LogP contribution in [0.4, 0.5) is 4.39 Å². The number of pyridine rings is 1. The number of ether oxygens (including phenoxy) is 1. The van der Waals surface area contributed by atoms with Gasteiger partial charge in [-0.15, -0.1) is 0 Å². The molecule has 23 heavy (non-hydrogen) atoms. The first kappa shape index (κ1) is 17.5. The summed E-state index contributed by atoms with van der Waals surface area (Å²) in [6.45, 7) is 2.55. The average Bonchev–Trinajstić information content (AvgIpc) is 2.55. The zero-order valence-corrected chi connectivity index (χ0v) is 17.3. The Morgan fingerprint density at radius 3 is 2.91 bits per heavy atom. The normalized spacial score (nSPS) is 22.8. The van der Waals surface area contributed by atoms with Gasteiger partial charge in [0.15, 0.2) is 0 Å². The second-order valence-electron chi connectivity index (χ2n) is 5.74. The Bertz CT molecular complexity index is 649. The van der Waals surface area contributed by atoms with Crippen LogP contribution in [0.25, 0.3) is 5.70 Å². The van der Waals surface area contributed by atoms with Crippen molar-refractivity contribution >= 4 is 50.1 Å². The molecule has 1 saturated heterocycles. The Labute approximate surface area is 157 Å². The Hall–Kier alpha value is -0.352. The van der Waals surface area contributed by atoms with Gasteiger partial charge in [0.1, 0.15) is 0 Å². The van der Waals surface area contributed by atoms with Crippen LogP contribution in [0, 0.1) is 11.9 Å². The van der Waals surface area contributed by atoms with Gasteiger partial charge in [-0.3, -0.25) is 0 Å². The van der Waals surface area contributed by atoms with Crippen molar-refractivity contribution in [1.82, 2.24) is 9.88 Å². The first-order valence-corrected chi connectivity index (χ1v) is 10.1. The average molecular weight is 464 g/mol. The summed E-state index contributed by atoms with van der Waals surface area (Å²) in [5.41, 5.74) is 1.63. The third-order valence-electron chi connectivity index (χ3n) is 4.19. The summed E-state index contributed by atoms with van der Waals surface area (Å²) in [6, 6.07) is 1.41. The predicted molar refractivity (Wildman–Crippen MR) is 96.8 cm³/mol. The minimum absolute atomic E-state index is 0.286. The summed E-state index contributed by atoms with van der Waals surface area (Å²) in [5.74, 6) is 0.0604. The van der Waals surface area contributed by atoms with Crippen LogP contribution in [0.15, 0.2) is 28.9 Å². The SMILES string of the molecule is Fc1cc(C2=C(Br)C=CC([AsH2])N2CC2CCOCC2)c(Cl)cn1. The monoisotopic (exact) mass is 462 g/mol. The molecule has 0 aromatic carbocycles. The Morgan fingerprint density at radius 2 is 2.17 bits per heavy atom. The van der Waals surface area contributed by atoms with Gasteiger partial charge >= 0.3 is 158 Å². The quantitative estimate of drug-likeness (QED) is 0.509. The predicted octanol–water partition coefficient (Wildman–Crippen LogP) is 3.20. The second kappa shape index (κ2) is 7.69. The number of aromatic nitrogens is 1. The molecule has 0 saturated carbocycles. The first-order chi connectivity index (χ1) is 11.1. The van der Waals surface area contributed by atoms with Gasteiger partial charge < -0.3 is 0 Å². The van der Waals surface area contributed by atoms with Crippen molar-refractivity contribution in [2.75, 3.05) is 19.8 Å². The zero-order valence-electron chi connectivity index (χ0n) is 12.5. The van der Waals surface area contributed by atoms with Crippen molar-refractivity contribution in [2.24, 2.45) is 5.92 Å². The third kappa shape index (κ3) is 4.01. The minimum atomic E-state index is -0.518. The molecule has 2 unspecified atom stereocenters. The van der Waals surface area contributed by atoms with Crippen LogP contribution in [0.2, 0.25) is 5.02 Å². The van der Waals surface area contributed by atoms with Gasteiger partial charge in [0, 0.05) is 0 Å². The van der Waals surface area contributed by atoms with Crippen molar-refractivity contribution in [3.63, 3.8) is 0 Å². The molecule has 7 heteroatoms. The molecule has 2 atom stereocenters. The number of hydrogen-bond donors (Lipinski definition) is 0. The number of halogens is 3. The van der Waals surface area contributed by atoms with Crippen molar-refractivity contribution in [1.29, 1.82) is 0 Å². The fourth-order valence-corrected chi connectivity index (χ4v) is 4.54. The van der Waals surface area contributed by atoms with E-state index in [4.69, 9.17) is 16.3 Å². The summed E-state index contributed by atoms with van der Waals surface area (Å²) in [4.78, 5) is 6.24. The molecule has 0 radical (unpaired) electrons. The third-order valence-corrected chi connectivity index (χ3v) is 6.35. The van der Waals surface area contributed by atoms with Gasteiger partial charge in [-0.2, -0.15) is 0 Å². The van der Waals surface area contributed by atoms with Crippen LogP contribution >= 0.6 is 27.5 Å². The van der Waals surface area contributed by atoms with Crippen LogP contribution < -0.4 is 0 Å². The number of nitrogens with zero attached hydrogens (tertiary/aromatic N) is 2. The van der Waals surface area contributed by atoms with Gasteiger partial charge in [-0.05, 0) is 0 Å². The van der Waals surface area contributed by atoms with E-state index in [1.807, 2.05) is 6.08 Å². The summed E-state index contributed by atoms with van der Waals surface area (Å²) in [7, 11) is 0. The summed E-state index contributed by atoms with van der Waals surface area (Å²) < 4.78 is 20.0. The molecular weight excluding hydrogens is 445 g/mol. The fraction of sp³-hybridized carbons (Fsp3) is 0.438. The molecule has 3 heterocycles. The molecule has 0 bridgehead atoms. The molecule has 1 aromatic rings. The fourth-order valence-electron chi connectivity index (χ4n) is 2.95. The molecule has 0 N–H and O–H groups in total. The molecule has 1 aromatic heterocycles. The topological polar surface area (TPSA) is 25.4 Å². The van der Waals surface area contributed by atoms with Crippen LogP contribution in [0.1, 0.15) is 18.4 Å². The van der Waals surface area contributed by atoms with Crippen LogP contribution in [-0.2, 0) is 4.74 Å². The van der Waals surface area contributed by atoms with E-state index in [1.165, 1.54) is 12.3 Å². The van der Waals surface area contributed by atoms with Gasteiger partial charge in [-0.25, -0.2) is 0 Å². The van der Waals surface area contributed by atoms with E-state index in [0.717, 1.165) is 42.8 Å². The van der Waals surface area contributed by atoms with Crippen LogP contribution in [-0.4, -0.2) is 51.3 Å². The molecule has 1 fully saturated rings. The molecule has 0 aliphatic carbocycles. The molecule has 3 nitrogen and oxygen atoms in total. The van der Waals surface area contributed by atoms with E-state index in [9.17, 15) is 4.39 Å². The Kier molecular flexibility index (Phi) is 5.84. The number of rotatable bonds is 3. The molecule has 0 spiro atoms. The van der Waals surface area contributed by atoms with Gasteiger partial charge in [0.05, 0.1) is 0 Å². The van der Waals surface area contributed by atoms with Gasteiger partial charge in [0.25, 0.3) is 0 Å². The molecule has 2 aliphatic heterocycles. The summed E-state index contributed by atoms with van der Waals surface area (Å²) >= 11 is 11.5. The Balaban J connectivity index is 1.95. The standard InChI is InChI=1S/C16H18AsBrClFN2O/c17-14-2-1-12(18)16(11-7-15(20)21-8-13(11)19)22(14)9-10-3-5-23-6-4-10/h1-2,7-8,10,14H,3-6,9,17H2. The Morgan fingerprint density at radius 1 is 1.43 bits per heavy atom. The van der Waals surface area contributed by atoms with Gasteiger partial charge in [-0.1, -0.05) is 0 Å². The molecule has 0 amide bonds. The maximum absolute atomic E-state index is 13.7. The number of hydrogen-bond acceptors (Lipinski definition) is 3. The van der Waals surface area contributed by atoms with Crippen molar-refractivity contribution in [3.05, 3.63) is 45.4 Å². The summed E-state index contributed by atoms with van der Waals surface area (Å²) in [5, 5.41) is 0.463. The van der Waals surface area contributed by atoms with E-state index >= 15 is 0 Å². The van der Waals surface area contributed by atoms with E-state index in [2.05, 4.69) is 31.9 Å². The van der Waals surface area contributed by atoms with E-state index in [0.29, 0.717) is 16.5 Å². The van der Waals surface area contributed by atoms with Gasteiger partial charge in [0.2, 0.25) is 0 Å². The van der Waals surface area contributed by atoms with E-state index in [1.54, 1.807) is 16.9 Å². The maximum atomic E-state index is 13.7. The first-order valence-electron chi connectivity index (χ1n) is 7.55. The second-order valence-corrected chi connectivity index (χ2v) is 8.44. The van der Waals surface area contributed by atoms with Crippen molar-refractivity contribution in [3.8, 4) is 0 Å². The zero-order chi connectivity index (χ0) is 16.4. The van der Waals surface area contributed by atoms with E-state index in [-0.39, 0.29) is 4.83 Å². The van der Waals surface area contributed by atoms with Crippen LogP contribution in [0.3, 0.4) is 0 Å². The molecular formula is C16H18AsBrClFN2O. The van der Waals surface area contributed by atoms with E-state index < -0.39 is 5.95 Å². The van der Waals surface area contributed by atoms with Crippen molar-refractivity contribution < 1.29 is 9.13 Å². The molecule has 2 aliphatic rings. The number of allylic oxidation sites excluding steroid dienone is 2. The molecule has 124 valence electrons. The summed E-state index contributed by atoms with van der Waals surface area (Å²) in [6.07, 6.45) is 7.68. The van der Waals surface area contributed by atoms with Crippen LogP contribution in [0.5, 0.6) is 0 Å². The molecule has 3 rings (SSSR count). The van der Waals surface area contributed by atoms with Crippen molar-refractivity contribution in [2.45, 2.75) is 17.7 Å².